The quantitative estimate of drug-likeness (QED) is 0.586. The lowest BCUT2D eigenvalue weighted by molar-refractivity contribution is 0.414. The van der Waals surface area contributed by atoms with Crippen LogP contribution in [-0.2, 0) is 4.57 Å². The maximum atomic E-state index is 11.5. The molecule has 0 fully saturated rings. The molecule has 1 rings (SSSR count). The molecule has 0 N–H and O–H groups in total. The predicted octanol–water partition coefficient (Wildman–Crippen LogP) is 3.37. The predicted molar refractivity (Wildman–Crippen MR) is 63.2 cm³/mol. The minimum atomic E-state index is -1.92. The number of methoxy groups -OCH3 is 1. The van der Waals surface area contributed by atoms with Crippen LogP contribution in [0.1, 0.15) is 0 Å². The van der Waals surface area contributed by atoms with Crippen LogP contribution in [0.15, 0.2) is 29.2 Å². The molecule has 0 aliphatic heterocycles. The van der Waals surface area contributed by atoms with Crippen molar-refractivity contribution in [3.63, 3.8) is 0 Å². The van der Waals surface area contributed by atoms with Crippen molar-refractivity contribution < 1.29 is 9.30 Å². The van der Waals surface area contributed by atoms with Gasteiger partial charge in [0.15, 0.2) is 0 Å². The number of benzene rings is 1. The third-order valence-corrected chi connectivity index (χ3v) is 5.21. The van der Waals surface area contributed by atoms with Gasteiger partial charge < -0.3 is 9.30 Å². The molecular weight excluding hydrogens is 215 g/mol. The smallest absolute Gasteiger partial charge is 0.118 e. The van der Waals surface area contributed by atoms with Gasteiger partial charge in [-0.3, -0.25) is 0 Å². The Kier molecular flexibility index (Phi) is 4.09. The van der Waals surface area contributed by atoms with E-state index in [0.717, 1.165) is 10.6 Å². The highest BCUT2D eigenvalue weighted by molar-refractivity contribution is 8.05. The lowest BCUT2D eigenvalue weighted by Gasteiger charge is -2.06. The van der Waals surface area contributed by atoms with Crippen LogP contribution in [0.2, 0.25) is 0 Å². The summed E-state index contributed by atoms with van der Waals surface area (Å²) in [5.41, 5.74) is 0.694. The van der Waals surface area contributed by atoms with Gasteiger partial charge in [0.05, 0.1) is 19.7 Å². The molecule has 0 unspecified atom stereocenters. The molecule has 0 aliphatic rings. The molecule has 0 aliphatic carbocycles. The topological polar surface area (TPSA) is 26.3 Å². The molecule has 1 aromatic carbocycles. The van der Waals surface area contributed by atoms with Crippen LogP contribution in [0.4, 0.5) is 0 Å². The van der Waals surface area contributed by atoms with Gasteiger partial charge in [-0.05, 0) is 37.6 Å². The van der Waals surface area contributed by atoms with Gasteiger partial charge in [0.25, 0.3) is 0 Å². The highest BCUT2D eigenvalue weighted by atomic mass is 32.2. The van der Waals surface area contributed by atoms with Gasteiger partial charge in [-0.25, -0.2) is 0 Å². The van der Waals surface area contributed by atoms with Crippen molar-refractivity contribution in [3.8, 4) is 5.75 Å². The average Bonchev–Trinajstić information content (AvgIpc) is 2.14. The van der Waals surface area contributed by atoms with Crippen LogP contribution in [0, 0.1) is 0 Å². The summed E-state index contributed by atoms with van der Waals surface area (Å²) in [5, 5.41) is 0. The van der Waals surface area contributed by atoms with E-state index in [1.807, 2.05) is 37.6 Å². The second kappa shape index (κ2) is 4.90. The highest BCUT2D eigenvalue weighted by Crippen LogP contribution is 2.42. The van der Waals surface area contributed by atoms with Crippen molar-refractivity contribution in [1.29, 1.82) is 0 Å². The molecule has 0 spiro atoms. The van der Waals surface area contributed by atoms with Crippen LogP contribution in [-0.4, -0.2) is 25.9 Å². The van der Waals surface area contributed by atoms with Crippen molar-refractivity contribution in [3.05, 3.63) is 24.3 Å². The van der Waals surface area contributed by atoms with Gasteiger partial charge in [-0.2, -0.15) is 0 Å². The Balaban J connectivity index is 2.56. The van der Waals surface area contributed by atoms with E-state index in [9.17, 15) is 4.57 Å². The van der Waals surface area contributed by atoms with E-state index < -0.39 is 7.14 Å². The summed E-state index contributed by atoms with van der Waals surface area (Å²) in [6, 6.07) is 7.80. The Morgan fingerprint density at radius 3 is 2.29 bits per heavy atom. The minimum absolute atomic E-state index is 0.694. The number of rotatable bonds is 4. The van der Waals surface area contributed by atoms with Crippen LogP contribution in [0.3, 0.4) is 0 Å². The second-order valence-electron chi connectivity index (χ2n) is 3.52. The summed E-state index contributed by atoms with van der Waals surface area (Å²) >= 11 is 1.63. The van der Waals surface area contributed by atoms with Gasteiger partial charge in [0, 0.05) is 4.90 Å². The molecule has 0 saturated heterocycles. The zero-order valence-corrected chi connectivity index (χ0v) is 10.4. The molecule has 0 amide bonds. The highest BCUT2D eigenvalue weighted by Gasteiger charge is 2.07. The molecule has 2 nitrogen and oxygen atoms in total. The normalized spacial score (nSPS) is 11.4. The summed E-state index contributed by atoms with van der Waals surface area (Å²) < 4.78 is 16.5. The van der Waals surface area contributed by atoms with Crippen LogP contribution in [0.25, 0.3) is 0 Å². The molecule has 0 radical (unpaired) electrons. The maximum absolute atomic E-state index is 11.5. The van der Waals surface area contributed by atoms with Gasteiger partial charge in [0.1, 0.15) is 5.75 Å². The van der Waals surface area contributed by atoms with Crippen LogP contribution >= 0.6 is 18.9 Å². The first-order chi connectivity index (χ1) is 6.51. The average molecular weight is 230 g/mol. The zero-order chi connectivity index (χ0) is 10.6. The van der Waals surface area contributed by atoms with Crippen molar-refractivity contribution in [1.82, 2.24) is 0 Å². The second-order valence-corrected chi connectivity index (χ2v) is 8.46. The Morgan fingerprint density at radius 2 is 1.86 bits per heavy atom. The third-order valence-electron chi connectivity index (χ3n) is 1.60. The molecule has 14 heavy (non-hydrogen) atoms. The molecular formula is C10H15O2PS. The molecule has 0 aromatic heterocycles. The molecule has 1 aromatic rings. The molecule has 0 bridgehead atoms. The fraction of sp³-hybridized carbons (Fsp3) is 0.400. The molecule has 0 saturated carbocycles. The monoisotopic (exact) mass is 230 g/mol. The van der Waals surface area contributed by atoms with E-state index in [1.165, 1.54) is 0 Å². The van der Waals surface area contributed by atoms with E-state index in [2.05, 4.69) is 0 Å². The van der Waals surface area contributed by atoms with Crippen LogP contribution in [0.5, 0.6) is 5.75 Å². The standard InChI is InChI=1S/C10H15O2PS/c1-12-9-4-6-10(7-5-9)14-8-13(2,3)11/h4-7H,8H2,1-3H3. The van der Waals surface area contributed by atoms with Crippen molar-refractivity contribution in [2.75, 3.05) is 25.9 Å². The fourth-order valence-electron chi connectivity index (χ4n) is 0.902. The van der Waals surface area contributed by atoms with Gasteiger partial charge >= 0.3 is 0 Å². The third kappa shape index (κ3) is 4.21. The molecule has 4 heteroatoms. The number of ether oxygens (including phenoxy) is 1. The summed E-state index contributed by atoms with van der Waals surface area (Å²) in [4.78, 5) is 1.13. The van der Waals surface area contributed by atoms with Gasteiger partial charge in [0.2, 0.25) is 0 Å². The van der Waals surface area contributed by atoms with Crippen molar-refractivity contribution in [2.45, 2.75) is 4.90 Å². The molecule has 0 atom stereocenters. The van der Waals surface area contributed by atoms with E-state index in [-0.39, 0.29) is 0 Å². The Bertz CT molecular complexity index is 328. The van der Waals surface area contributed by atoms with Crippen molar-refractivity contribution in [2.24, 2.45) is 0 Å². The largest absolute Gasteiger partial charge is 0.497 e. The number of thioether (sulfide) groups is 1. The zero-order valence-electron chi connectivity index (χ0n) is 8.69. The van der Waals surface area contributed by atoms with E-state index >= 15 is 0 Å². The van der Waals surface area contributed by atoms with Gasteiger partial charge in [-0.1, -0.05) is 0 Å². The Morgan fingerprint density at radius 1 is 1.29 bits per heavy atom. The summed E-state index contributed by atoms with van der Waals surface area (Å²) in [7, 11) is -0.271. The summed E-state index contributed by atoms with van der Waals surface area (Å²) in [5.74, 6) is 0.852. The van der Waals surface area contributed by atoms with Gasteiger partial charge in [-0.15, -0.1) is 11.8 Å². The first kappa shape index (κ1) is 11.7. The minimum Gasteiger partial charge on any atom is -0.497 e. The Labute approximate surface area is 89.4 Å². The lowest BCUT2D eigenvalue weighted by atomic mass is 10.3. The van der Waals surface area contributed by atoms with Crippen LogP contribution < -0.4 is 4.74 Å². The molecule has 0 heterocycles. The fourth-order valence-corrected chi connectivity index (χ4v) is 3.07. The molecule has 78 valence electrons. The van der Waals surface area contributed by atoms with E-state index in [4.69, 9.17) is 4.74 Å². The number of hydrogen-bond donors (Lipinski definition) is 0. The first-order valence-corrected chi connectivity index (χ1v) is 8.09. The maximum Gasteiger partial charge on any atom is 0.118 e. The number of hydrogen-bond acceptors (Lipinski definition) is 3. The van der Waals surface area contributed by atoms with E-state index in [0.29, 0.717) is 5.49 Å². The Hall–Kier alpha value is -0.400. The van der Waals surface area contributed by atoms with E-state index in [1.54, 1.807) is 18.9 Å². The first-order valence-electron chi connectivity index (χ1n) is 4.32. The summed E-state index contributed by atoms with van der Waals surface area (Å²) in [6.07, 6.45) is 0. The lowest BCUT2D eigenvalue weighted by Crippen LogP contribution is -1.83. The van der Waals surface area contributed by atoms with Crippen molar-refractivity contribution >= 4 is 18.9 Å². The summed E-state index contributed by atoms with van der Waals surface area (Å²) in [6.45, 7) is 3.62. The SMILES string of the molecule is COc1ccc(SCP(C)(C)=O)cc1.